The highest BCUT2D eigenvalue weighted by Crippen LogP contribution is 2.24. The van der Waals surface area contributed by atoms with Gasteiger partial charge in [0, 0.05) is 5.56 Å². The van der Waals surface area contributed by atoms with Crippen LogP contribution in [0.15, 0.2) is 66.9 Å². The molecule has 0 aliphatic rings. The highest BCUT2D eigenvalue weighted by molar-refractivity contribution is 6.33. The Kier molecular flexibility index (Phi) is 5.16. The van der Waals surface area contributed by atoms with Gasteiger partial charge in [-0.3, -0.25) is 4.79 Å². The lowest BCUT2D eigenvalue weighted by atomic mass is 10.2. The number of halogens is 1. The van der Waals surface area contributed by atoms with Gasteiger partial charge in [-0.2, -0.15) is 0 Å². The number of pyridine rings is 1. The van der Waals surface area contributed by atoms with E-state index in [0.29, 0.717) is 27.8 Å². The second-order valence-electron chi connectivity index (χ2n) is 5.22. The summed E-state index contributed by atoms with van der Waals surface area (Å²) in [6.45, 7) is 0. The molecule has 0 saturated carbocycles. The Morgan fingerprint density at radius 1 is 1.04 bits per heavy atom. The second kappa shape index (κ2) is 7.68. The molecule has 0 radical (unpaired) electrons. The number of carbonyl (C=O) groups excluding carboxylic acids is 1. The van der Waals surface area contributed by atoms with Crippen molar-refractivity contribution in [3.8, 4) is 5.75 Å². The Morgan fingerprint density at radius 2 is 1.80 bits per heavy atom. The van der Waals surface area contributed by atoms with Crippen LogP contribution in [0.2, 0.25) is 5.02 Å². The zero-order chi connectivity index (χ0) is 17.6. The van der Waals surface area contributed by atoms with E-state index in [0.717, 1.165) is 5.69 Å². The molecule has 3 rings (SSSR count). The number of rotatable bonds is 5. The highest BCUT2D eigenvalue weighted by Gasteiger charge is 2.07. The van der Waals surface area contributed by atoms with Crippen LogP contribution < -0.4 is 15.4 Å². The summed E-state index contributed by atoms with van der Waals surface area (Å²) < 4.78 is 5.08. The zero-order valence-corrected chi connectivity index (χ0v) is 14.2. The number of benzene rings is 2. The van der Waals surface area contributed by atoms with E-state index in [1.807, 2.05) is 18.2 Å². The van der Waals surface area contributed by atoms with Gasteiger partial charge in [0.25, 0.3) is 5.91 Å². The molecule has 0 atom stereocenters. The standard InChI is InChI=1S/C19H16ClN3O2/c1-25-15-9-6-13(7-10-15)19(24)22-14-8-11-18(21-12-14)23-17-5-3-2-4-16(17)20/h2-12H,1H3,(H,21,23)(H,22,24). The Morgan fingerprint density at radius 3 is 2.44 bits per heavy atom. The van der Waals surface area contributed by atoms with Gasteiger partial charge in [0.1, 0.15) is 11.6 Å². The summed E-state index contributed by atoms with van der Waals surface area (Å²) in [6.07, 6.45) is 1.58. The van der Waals surface area contributed by atoms with Crippen LogP contribution >= 0.6 is 11.6 Å². The molecule has 0 spiro atoms. The van der Waals surface area contributed by atoms with Gasteiger partial charge in [0.2, 0.25) is 0 Å². The maximum atomic E-state index is 12.2. The first-order valence-electron chi connectivity index (χ1n) is 7.59. The van der Waals surface area contributed by atoms with E-state index in [-0.39, 0.29) is 5.91 Å². The number of anilines is 3. The first-order chi connectivity index (χ1) is 12.2. The maximum Gasteiger partial charge on any atom is 0.255 e. The van der Waals surface area contributed by atoms with Crippen molar-refractivity contribution in [3.05, 3.63) is 77.4 Å². The molecule has 1 amide bonds. The van der Waals surface area contributed by atoms with E-state index in [9.17, 15) is 4.79 Å². The van der Waals surface area contributed by atoms with E-state index >= 15 is 0 Å². The number of nitrogens with zero attached hydrogens (tertiary/aromatic N) is 1. The number of ether oxygens (including phenoxy) is 1. The normalized spacial score (nSPS) is 10.2. The number of nitrogens with one attached hydrogen (secondary N) is 2. The van der Waals surface area contributed by atoms with Crippen molar-refractivity contribution in [2.45, 2.75) is 0 Å². The topological polar surface area (TPSA) is 63.2 Å². The van der Waals surface area contributed by atoms with E-state index in [1.54, 1.807) is 55.8 Å². The number of para-hydroxylation sites is 1. The van der Waals surface area contributed by atoms with E-state index in [4.69, 9.17) is 16.3 Å². The summed E-state index contributed by atoms with van der Waals surface area (Å²) in [5, 5.41) is 6.54. The summed E-state index contributed by atoms with van der Waals surface area (Å²) in [6, 6.07) is 17.8. The van der Waals surface area contributed by atoms with Gasteiger partial charge in [-0.25, -0.2) is 4.98 Å². The number of aromatic nitrogens is 1. The molecule has 25 heavy (non-hydrogen) atoms. The number of amides is 1. The van der Waals surface area contributed by atoms with Crippen molar-refractivity contribution in [3.63, 3.8) is 0 Å². The van der Waals surface area contributed by atoms with Crippen molar-refractivity contribution in [2.24, 2.45) is 0 Å². The molecule has 2 aromatic carbocycles. The molecule has 2 N–H and O–H groups in total. The average Bonchev–Trinajstić information content (AvgIpc) is 2.65. The van der Waals surface area contributed by atoms with E-state index < -0.39 is 0 Å². The molecule has 0 fully saturated rings. The summed E-state index contributed by atoms with van der Waals surface area (Å²) in [5.41, 5.74) is 1.91. The molecule has 6 heteroatoms. The summed E-state index contributed by atoms with van der Waals surface area (Å²) in [5.74, 6) is 1.13. The largest absolute Gasteiger partial charge is 0.497 e. The molecule has 5 nitrogen and oxygen atoms in total. The van der Waals surface area contributed by atoms with Crippen LogP contribution in [-0.2, 0) is 0 Å². The van der Waals surface area contributed by atoms with Crippen LogP contribution in [0.4, 0.5) is 17.2 Å². The lowest BCUT2D eigenvalue weighted by Crippen LogP contribution is -2.12. The second-order valence-corrected chi connectivity index (χ2v) is 5.63. The van der Waals surface area contributed by atoms with Gasteiger partial charge in [0.05, 0.1) is 29.7 Å². The molecular weight excluding hydrogens is 338 g/mol. The monoisotopic (exact) mass is 353 g/mol. The lowest BCUT2D eigenvalue weighted by Gasteiger charge is -2.09. The highest BCUT2D eigenvalue weighted by atomic mass is 35.5. The third kappa shape index (κ3) is 4.28. The fourth-order valence-electron chi connectivity index (χ4n) is 2.19. The molecule has 3 aromatic rings. The van der Waals surface area contributed by atoms with Crippen LogP contribution in [0, 0.1) is 0 Å². The minimum atomic E-state index is -0.212. The predicted octanol–water partition coefficient (Wildman–Crippen LogP) is 4.74. The Hall–Kier alpha value is -3.05. The third-order valence-electron chi connectivity index (χ3n) is 3.51. The molecule has 0 unspecified atom stereocenters. The van der Waals surface area contributed by atoms with Gasteiger partial charge in [-0.1, -0.05) is 23.7 Å². The molecule has 1 aromatic heterocycles. The fraction of sp³-hybridized carbons (Fsp3) is 0.0526. The van der Waals surface area contributed by atoms with Crippen molar-refractivity contribution in [1.29, 1.82) is 0 Å². The summed E-state index contributed by atoms with van der Waals surface area (Å²) in [4.78, 5) is 16.5. The third-order valence-corrected chi connectivity index (χ3v) is 3.84. The average molecular weight is 354 g/mol. The first-order valence-corrected chi connectivity index (χ1v) is 7.96. The zero-order valence-electron chi connectivity index (χ0n) is 13.5. The molecule has 0 aliphatic heterocycles. The van der Waals surface area contributed by atoms with Crippen LogP contribution in [0.5, 0.6) is 5.75 Å². The molecule has 0 aliphatic carbocycles. The predicted molar refractivity (Wildman–Crippen MR) is 99.9 cm³/mol. The minimum Gasteiger partial charge on any atom is -0.497 e. The van der Waals surface area contributed by atoms with Gasteiger partial charge >= 0.3 is 0 Å². The molecule has 126 valence electrons. The van der Waals surface area contributed by atoms with E-state index in [2.05, 4.69) is 15.6 Å². The Balaban J connectivity index is 1.65. The van der Waals surface area contributed by atoms with Gasteiger partial charge < -0.3 is 15.4 Å². The summed E-state index contributed by atoms with van der Waals surface area (Å²) >= 11 is 6.11. The van der Waals surface area contributed by atoms with Crippen molar-refractivity contribution in [1.82, 2.24) is 4.98 Å². The maximum absolute atomic E-state index is 12.2. The van der Waals surface area contributed by atoms with Crippen molar-refractivity contribution in [2.75, 3.05) is 17.7 Å². The van der Waals surface area contributed by atoms with Crippen LogP contribution in [0.25, 0.3) is 0 Å². The van der Waals surface area contributed by atoms with Crippen molar-refractivity contribution < 1.29 is 9.53 Å². The molecular formula is C19H16ClN3O2. The fourth-order valence-corrected chi connectivity index (χ4v) is 2.37. The number of hydrogen-bond acceptors (Lipinski definition) is 4. The van der Waals surface area contributed by atoms with Gasteiger partial charge in [0.15, 0.2) is 0 Å². The first kappa shape index (κ1) is 16.8. The smallest absolute Gasteiger partial charge is 0.255 e. The van der Waals surface area contributed by atoms with E-state index in [1.165, 1.54) is 0 Å². The number of hydrogen-bond donors (Lipinski definition) is 2. The van der Waals surface area contributed by atoms with Crippen LogP contribution in [0.1, 0.15) is 10.4 Å². The Labute approximate surface area is 150 Å². The molecule has 1 heterocycles. The minimum absolute atomic E-state index is 0.212. The van der Waals surface area contributed by atoms with Gasteiger partial charge in [-0.05, 0) is 48.5 Å². The Bertz CT molecular complexity index is 865. The van der Waals surface area contributed by atoms with Crippen LogP contribution in [-0.4, -0.2) is 18.0 Å². The quantitative estimate of drug-likeness (QED) is 0.695. The lowest BCUT2D eigenvalue weighted by molar-refractivity contribution is 0.102. The molecule has 0 bridgehead atoms. The van der Waals surface area contributed by atoms with Crippen molar-refractivity contribution >= 4 is 34.7 Å². The van der Waals surface area contributed by atoms with Crippen LogP contribution in [0.3, 0.4) is 0 Å². The SMILES string of the molecule is COc1ccc(C(=O)Nc2ccc(Nc3ccccc3Cl)nc2)cc1. The molecule has 0 saturated heterocycles. The summed E-state index contributed by atoms with van der Waals surface area (Å²) in [7, 11) is 1.58. The van der Waals surface area contributed by atoms with Gasteiger partial charge in [-0.15, -0.1) is 0 Å². The number of methoxy groups -OCH3 is 1. The number of carbonyl (C=O) groups is 1.